The maximum Gasteiger partial charge on any atom is 0.322 e. The Bertz CT molecular complexity index is 440. The molecule has 0 aliphatic rings. The first-order chi connectivity index (χ1) is 7.99. The van der Waals surface area contributed by atoms with Gasteiger partial charge in [-0.2, -0.15) is 0 Å². The van der Waals surface area contributed by atoms with E-state index in [0.717, 1.165) is 0 Å². The fourth-order valence-corrected chi connectivity index (χ4v) is 0.955. The number of carboxylic acid groups (broad SMARTS) is 1. The number of aliphatic carboxylic acids is 1. The number of carboxylic acids is 1. The first kappa shape index (κ1) is 12.7. The minimum Gasteiger partial charge on any atom is -0.480 e. The fraction of sp³-hybridized carbons (Fsp3) is 0.333. The summed E-state index contributed by atoms with van der Waals surface area (Å²) in [6.45, 7) is 0.835. The number of amides is 2. The van der Waals surface area contributed by atoms with Crippen molar-refractivity contribution in [3.05, 3.63) is 17.5 Å². The molecule has 3 N–H and O–H groups in total. The molecule has 0 fully saturated rings. The molecular formula is C9H11N3O5. The predicted molar refractivity (Wildman–Crippen MR) is 54.2 cm³/mol. The van der Waals surface area contributed by atoms with Crippen LogP contribution in [0.15, 0.2) is 10.6 Å². The number of carbonyl (C=O) groups excluding carboxylic acids is 2. The van der Waals surface area contributed by atoms with E-state index in [0.29, 0.717) is 5.69 Å². The third kappa shape index (κ3) is 4.33. The van der Waals surface area contributed by atoms with Crippen LogP contribution >= 0.6 is 0 Å². The molecular weight excluding hydrogens is 230 g/mol. The van der Waals surface area contributed by atoms with Gasteiger partial charge in [0.05, 0.1) is 12.2 Å². The van der Waals surface area contributed by atoms with Crippen molar-refractivity contribution in [2.24, 2.45) is 0 Å². The number of aromatic nitrogens is 1. The molecule has 0 aliphatic carbocycles. The number of carbonyl (C=O) groups is 3. The Morgan fingerprint density at radius 2 is 2.06 bits per heavy atom. The van der Waals surface area contributed by atoms with Gasteiger partial charge in [-0.25, -0.2) is 0 Å². The van der Waals surface area contributed by atoms with Gasteiger partial charge in [0.2, 0.25) is 11.7 Å². The Morgan fingerprint density at radius 3 is 2.59 bits per heavy atom. The largest absolute Gasteiger partial charge is 0.480 e. The molecule has 17 heavy (non-hydrogen) atoms. The molecule has 8 heteroatoms. The molecule has 0 aromatic carbocycles. The summed E-state index contributed by atoms with van der Waals surface area (Å²) in [5.74, 6) is -2.35. The van der Waals surface area contributed by atoms with Crippen LogP contribution in [0, 0.1) is 6.92 Å². The first-order valence-corrected chi connectivity index (χ1v) is 4.69. The zero-order valence-corrected chi connectivity index (χ0v) is 9.02. The monoisotopic (exact) mass is 241 g/mol. The summed E-state index contributed by atoms with van der Waals surface area (Å²) < 4.78 is 4.67. The van der Waals surface area contributed by atoms with Crippen LogP contribution < -0.4 is 10.6 Å². The van der Waals surface area contributed by atoms with Gasteiger partial charge in [0.25, 0.3) is 5.91 Å². The van der Waals surface area contributed by atoms with E-state index in [1.165, 1.54) is 6.07 Å². The van der Waals surface area contributed by atoms with Gasteiger partial charge in [0.1, 0.15) is 6.54 Å². The molecule has 0 radical (unpaired) electrons. The van der Waals surface area contributed by atoms with Crippen LogP contribution in [0.1, 0.15) is 16.2 Å². The molecule has 2 amide bonds. The lowest BCUT2D eigenvalue weighted by Gasteiger charge is -2.02. The number of hydrogen-bond donors (Lipinski definition) is 3. The molecule has 0 aliphatic heterocycles. The van der Waals surface area contributed by atoms with Crippen molar-refractivity contribution in [1.82, 2.24) is 15.8 Å². The topological polar surface area (TPSA) is 122 Å². The summed E-state index contributed by atoms with van der Waals surface area (Å²) >= 11 is 0. The van der Waals surface area contributed by atoms with Gasteiger partial charge < -0.3 is 20.3 Å². The van der Waals surface area contributed by atoms with E-state index in [-0.39, 0.29) is 12.3 Å². The Hall–Kier alpha value is -2.38. The van der Waals surface area contributed by atoms with E-state index < -0.39 is 24.3 Å². The van der Waals surface area contributed by atoms with Gasteiger partial charge in [0, 0.05) is 6.07 Å². The van der Waals surface area contributed by atoms with Gasteiger partial charge in [-0.15, -0.1) is 0 Å². The molecule has 0 saturated heterocycles. The second kappa shape index (κ2) is 5.64. The highest BCUT2D eigenvalue weighted by molar-refractivity contribution is 5.94. The van der Waals surface area contributed by atoms with Gasteiger partial charge in [-0.05, 0) is 6.92 Å². The normalized spacial score (nSPS) is 9.71. The van der Waals surface area contributed by atoms with E-state index in [1.54, 1.807) is 6.92 Å². The Morgan fingerprint density at radius 1 is 1.35 bits per heavy atom. The standard InChI is InChI=1S/C9H11N3O5/c1-5-2-6(17-12-5)9(16)11-3-7(13)10-4-8(14)15/h2H,3-4H2,1H3,(H,10,13)(H,11,16)(H,14,15). The lowest BCUT2D eigenvalue weighted by atomic mass is 10.3. The zero-order valence-electron chi connectivity index (χ0n) is 9.02. The Kier molecular flexibility index (Phi) is 4.21. The SMILES string of the molecule is Cc1cc(C(=O)NCC(=O)NCC(=O)O)on1. The van der Waals surface area contributed by atoms with E-state index in [2.05, 4.69) is 20.3 Å². The highest BCUT2D eigenvalue weighted by Gasteiger charge is 2.12. The van der Waals surface area contributed by atoms with E-state index >= 15 is 0 Å². The number of nitrogens with one attached hydrogen (secondary N) is 2. The van der Waals surface area contributed by atoms with E-state index in [4.69, 9.17) is 5.11 Å². The van der Waals surface area contributed by atoms with Crippen LogP contribution in [-0.4, -0.2) is 41.1 Å². The van der Waals surface area contributed by atoms with Crippen LogP contribution in [0.25, 0.3) is 0 Å². The number of rotatable bonds is 5. The van der Waals surface area contributed by atoms with Crippen LogP contribution in [0.4, 0.5) is 0 Å². The van der Waals surface area contributed by atoms with Gasteiger partial charge in [0.15, 0.2) is 0 Å². The van der Waals surface area contributed by atoms with Crippen molar-refractivity contribution in [2.75, 3.05) is 13.1 Å². The molecule has 1 heterocycles. The molecule has 0 atom stereocenters. The highest BCUT2D eigenvalue weighted by atomic mass is 16.5. The average Bonchev–Trinajstić information content (AvgIpc) is 2.70. The summed E-state index contributed by atoms with van der Waals surface area (Å²) in [5, 5.41) is 16.2. The van der Waals surface area contributed by atoms with Crippen molar-refractivity contribution < 1.29 is 24.0 Å². The Labute approximate surface area is 96.0 Å². The third-order valence-corrected chi connectivity index (χ3v) is 1.70. The molecule has 0 bridgehead atoms. The summed E-state index contributed by atoms with van der Waals surface area (Å²) in [6, 6.07) is 1.42. The number of hydrogen-bond acceptors (Lipinski definition) is 5. The van der Waals surface area contributed by atoms with Crippen LogP contribution in [-0.2, 0) is 9.59 Å². The van der Waals surface area contributed by atoms with E-state index in [1.807, 2.05) is 0 Å². The predicted octanol–water partition coefficient (Wildman–Crippen LogP) is -1.09. The lowest BCUT2D eigenvalue weighted by molar-refractivity contribution is -0.137. The number of aryl methyl sites for hydroxylation is 1. The van der Waals surface area contributed by atoms with Crippen molar-refractivity contribution in [1.29, 1.82) is 0 Å². The van der Waals surface area contributed by atoms with Crippen LogP contribution in [0.3, 0.4) is 0 Å². The van der Waals surface area contributed by atoms with Crippen LogP contribution in [0.5, 0.6) is 0 Å². The quantitative estimate of drug-likeness (QED) is 0.602. The minimum atomic E-state index is -1.16. The average molecular weight is 241 g/mol. The van der Waals surface area contributed by atoms with Crippen LogP contribution in [0.2, 0.25) is 0 Å². The van der Waals surface area contributed by atoms with Gasteiger partial charge in [-0.1, -0.05) is 5.16 Å². The molecule has 92 valence electrons. The third-order valence-electron chi connectivity index (χ3n) is 1.70. The van der Waals surface area contributed by atoms with Gasteiger partial charge in [-0.3, -0.25) is 14.4 Å². The zero-order chi connectivity index (χ0) is 12.8. The van der Waals surface area contributed by atoms with Crippen molar-refractivity contribution in [3.8, 4) is 0 Å². The summed E-state index contributed by atoms with van der Waals surface area (Å²) in [5.41, 5.74) is 0.547. The number of nitrogens with zero attached hydrogens (tertiary/aromatic N) is 1. The lowest BCUT2D eigenvalue weighted by Crippen LogP contribution is -2.38. The highest BCUT2D eigenvalue weighted by Crippen LogP contribution is 2.00. The molecule has 0 unspecified atom stereocenters. The molecule has 0 saturated carbocycles. The van der Waals surface area contributed by atoms with E-state index in [9.17, 15) is 14.4 Å². The van der Waals surface area contributed by atoms with Crippen molar-refractivity contribution in [2.45, 2.75) is 6.92 Å². The van der Waals surface area contributed by atoms with Crippen molar-refractivity contribution in [3.63, 3.8) is 0 Å². The molecule has 1 aromatic heterocycles. The maximum absolute atomic E-state index is 11.4. The maximum atomic E-state index is 11.4. The minimum absolute atomic E-state index is 0.00599. The smallest absolute Gasteiger partial charge is 0.322 e. The summed E-state index contributed by atoms with van der Waals surface area (Å²) in [4.78, 5) is 32.6. The van der Waals surface area contributed by atoms with Gasteiger partial charge >= 0.3 is 5.97 Å². The first-order valence-electron chi connectivity index (χ1n) is 4.69. The molecule has 1 aromatic rings. The fourth-order valence-electron chi connectivity index (χ4n) is 0.955. The summed E-state index contributed by atoms with van der Waals surface area (Å²) in [6.07, 6.45) is 0. The molecule has 0 spiro atoms. The molecule has 8 nitrogen and oxygen atoms in total. The summed E-state index contributed by atoms with van der Waals surface area (Å²) in [7, 11) is 0. The van der Waals surface area contributed by atoms with Crippen molar-refractivity contribution >= 4 is 17.8 Å². The second-order valence-corrected chi connectivity index (χ2v) is 3.19. The molecule has 1 rings (SSSR count). The Balaban J connectivity index is 2.33. The second-order valence-electron chi connectivity index (χ2n) is 3.19.